The lowest BCUT2D eigenvalue weighted by Gasteiger charge is -2.30. The molecule has 190 valence electrons. The number of nitrogens with one attached hydrogen (secondary N) is 1. The Hall–Kier alpha value is -2.72. The molecule has 0 bridgehead atoms. The van der Waals surface area contributed by atoms with Gasteiger partial charge in [0.15, 0.2) is 0 Å². The zero-order valence-corrected chi connectivity index (χ0v) is 20.6. The molecule has 1 aliphatic carbocycles. The number of carbonyl (C=O) groups excluding carboxylic acids is 2. The van der Waals surface area contributed by atoms with Crippen LogP contribution < -0.4 is 11.1 Å². The molecule has 1 aromatic heterocycles. The first-order valence-electron chi connectivity index (χ1n) is 11.2. The summed E-state index contributed by atoms with van der Waals surface area (Å²) in [4.78, 5) is 34.2. The predicted molar refractivity (Wildman–Crippen MR) is 126 cm³/mol. The molecule has 1 aromatic carbocycles. The maximum Gasteiger partial charge on any atom is 0.395 e. The number of aromatic nitrogens is 2. The van der Waals surface area contributed by atoms with Crippen LogP contribution in [0.5, 0.6) is 0 Å². The molecule has 7 nitrogen and oxygen atoms in total. The highest BCUT2D eigenvalue weighted by Gasteiger charge is 2.67. The molecule has 2 atom stereocenters. The maximum absolute atomic E-state index is 13.9. The van der Waals surface area contributed by atoms with Crippen molar-refractivity contribution in [1.29, 1.82) is 0 Å². The quantitative estimate of drug-likeness (QED) is 0.507. The van der Waals surface area contributed by atoms with E-state index in [2.05, 4.69) is 15.3 Å². The number of rotatable bonds is 10. The molecule has 0 radical (unpaired) electrons. The molecule has 1 fully saturated rings. The van der Waals surface area contributed by atoms with E-state index >= 15 is 0 Å². The van der Waals surface area contributed by atoms with Crippen LogP contribution in [0, 0.1) is 12.3 Å². The average molecular weight is 512 g/mol. The van der Waals surface area contributed by atoms with Crippen LogP contribution in [-0.2, 0) is 11.2 Å². The summed E-state index contributed by atoms with van der Waals surface area (Å²) < 4.78 is 41.8. The first-order chi connectivity index (χ1) is 16.3. The van der Waals surface area contributed by atoms with Crippen molar-refractivity contribution in [1.82, 2.24) is 20.2 Å². The molecule has 3 N–H and O–H groups in total. The summed E-state index contributed by atoms with van der Waals surface area (Å²) in [5.41, 5.74) is 4.71. The van der Waals surface area contributed by atoms with Gasteiger partial charge in [0.2, 0.25) is 11.8 Å². The number of hydrogen-bond donors (Lipinski definition) is 2. The molecule has 35 heavy (non-hydrogen) atoms. The van der Waals surface area contributed by atoms with Crippen molar-refractivity contribution in [2.75, 3.05) is 20.6 Å². The zero-order valence-electron chi connectivity index (χ0n) is 19.8. The first kappa shape index (κ1) is 26.9. The van der Waals surface area contributed by atoms with E-state index in [1.54, 1.807) is 19.1 Å². The van der Waals surface area contributed by atoms with Gasteiger partial charge in [-0.2, -0.15) is 13.2 Å². The summed E-state index contributed by atoms with van der Waals surface area (Å²) in [6.07, 6.45) is -1.58. The largest absolute Gasteiger partial charge is 0.395 e. The predicted octanol–water partition coefficient (Wildman–Crippen LogP) is 3.64. The molecule has 11 heteroatoms. The summed E-state index contributed by atoms with van der Waals surface area (Å²) in [7, 11) is 3.66. The number of benzene rings is 1. The number of nitrogens with zero attached hydrogens (tertiary/aromatic N) is 3. The fraction of sp³-hybridized carbons (Fsp3) is 0.500. The van der Waals surface area contributed by atoms with E-state index < -0.39 is 29.3 Å². The molecule has 0 saturated heterocycles. The Morgan fingerprint density at radius 2 is 1.86 bits per heavy atom. The topological polar surface area (TPSA) is 101 Å². The monoisotopic (exact) mass is 511 g/mol. The third-order valence-electron chi connectivity index (χ3n) is 6.67. The summed E-state index contributed by atoms with van der Waals surface area (Å²) in [6.45, 7) is 1.85. The number of likely N-dealkylation sites (N-methyl/N-ethyl adjacent to an activating group) is 1. The van der Waals surface area contributed by atoms with Gasteiger partial charge in [-0.1, -0.05) is 17.7 Å². The van der Waals surface area contributed by atoms with Crippen LogP contribution in [-0.4, -0.2) is 59.5 Å². The minimum Gasteiger partial charge on any atom is -0.366 e. The smallest absolute Gasteiger partial charge is 0.366 e. The number of primary amides is 1. The Morgan fingerprint density at radius 3 is 2.34 bits per heavy atom. The lowest BCUT2D eigenvalue weighted by molar-refractivity contribution is -0.194. The zero-order chi connectivity index (χ0) is 26.0. The van der Waals surface area contributed by atoms with E-state index in [1.165, 1.54) is 18.5 Å². The fourth-order valence-electron chi connectivity index (χ4n) is 4.23. The molecule has 0 aliphatic heterocycles. The third-order valence-corrected chi connectivity index (χ3v) is 7.02. The molecule has 1 heterocycles. The highest BCUT2D eigenvalue weighted by atomic mass is 35.5. The standard InChI is InChI=1S/C24H29ClF3N5O2/c1-14-30-11-17(12-31-14)19(23(6-7-23)24(26,27)28)10-21(34)32-13-18(33(2)3)8-15-4-5-16(22(29)35)9-20(15)25/h4-5,9,11-12,18-19H,6-8,10,13H2,1-3H3,(H2,29,35)(H,32,34)/t18-,19-/m0/s1. The van der Waals surface area contributed by atoms with Crippen LogP contribution in [0.15, 0.2) is 30.6 Å². The van der Waals surface area contributed by atoms with E-state index in [0.717, 1.165) is 5.56 Å². The Morgan fingerprint density at radius 1 is 1.23 bits per heavy atom. The Bertz CT molecular complexity index is 1070. The van der Waals surface area contributed by atoms with Gasteiger partial charge in [-0.15, -0.1) is 0 Å². The van der Waals surface area contributed by atoms with Gasteiger partial charge in [0.05, 0.1) is 5.41 Å². The van der Waals surface area contributed by atoms with Gasteiger partial charge in [-0.3, -0.25) is 9.59 Å². The number of amides is 2. The molecule has 1 aliphatic rings. The first-order valence-corrected chi connectivity index (χ1v) is 11.6. The van der Waals surface area contributed by atoms with Crippen molar-refractivity contribution in [3.05, 3.63) is 58.1 Å². The number of carbonyl (C=O) groups is 2. The van der Waals surface area contributed by atoms with Gasteiger partial charge in [-0.05, 0) is 63.5 Å². The normalized spacial score (nSPS) is 16.6. The van der Waals surface area contributed by atoms with E-state index in [4.69, 9.17) is 17.3 Å². The van der Waals surface area contributed by atoms with Crippen molar-refractivity contribution >= 4 is 23.4 Å². The molecular formula is C24H29ClF3N5O2. The van der Waals surface area contributed by atoms with Crippen molar-refractivity contribution in [3.63, 3.8) is 0 Å². The van der Waals surface area contributed by atoms with Gasteiger partial charge in [0, 0.05) is 47.9 Å². The number of halogens is 4. The second kappa shape index (κ2) is 10.5. The lowest BCUT2D eigenvalue weighted by atomic mass is 9.81. The molecule has 1 saturated carbocycles. The molecule has 3 rings (SSSR count). The van der Waals surface area contributed by atoms with E-state index in [0.29, 0.717) is 28.4 Å². The van der Waals surface area contributed by atoms with Crippen molar-refractivity contribution in [3.8, 4) is 0 Å². The maximum atomic E-state index is 13.9. The van der Waals surface area contributed by atoms with Gasteiger partial charge >= 0.3 is 6.18 Å². The van der Waals surface area contributed by atoms with Crippen LogP contribution in [0.4, 0.5) is 13.2 Å². The minimum atomic E-state index is -4.43. The third kappa shape index (κ3) is 6.29. The van der Waals surface area contributed by atoms with Crippen LogP contribution in [0.25, 0.3) is 0 Å². The second-order valence-electron chi connectivity index (χ2n) is 9.27. The second-order valence-corrected chi connectivity index (χ2v) is 9.68. The lowest BCUT2D eigenvalue weighted by Crippen LogP contribution is -2.42. The average Bonchev–Trinajstić information content (AvgIpc) is 3.58. The SMILES string of the molecule is Cc1ncc([C@H](CC(=O)NC[C@H](Cc2ccc(C(N)=O)cc2Cl)N(C)C)C2(C(F)(F)F)CC2)cn1. The van der Waals surface area contributed by atoms with E-state index in [-0.39, 0.29) is 31.8 Å². The summed E-state index contributed by atoms with van der Waals surface area (Å²) in [5.74, 6) is -1.68. The fourth-order valence-corrected chi connectivity index (χ4v) is 4.48. The molecule has 2 aromatic rings. The number of hydrogen-bond acceptors (Lipinski definition) is 5. The van der Waals surface area contributed by atoms with Crippen molar-refractivity contribution in [2.45, 2.75) is 50.7 Å². The van der Waals surface area contributed by atoms with Crippen LogP contribution >= 0.6 is 11.6 Å². The molecule has 0 spiro atoms. The molecule has 2 amide bonds. The number of nitrogens with two attached hydrogens (primary N) is 1. The Balaban J connectivity index is 1.71. The molecule has 0 unspecified atom stereocenters. The van der Waals surface area contributed by atoms with E-state index in [9.17, 15) is 22.8 Å². The van der Waals surface area contributed by atoms with Crippen molar-refractivity contribution < 1.29 is 22.8 Å². The summed E-state index contributed by atoms with van der Waals surface area (Å²) in [5, 5.41) is 3.17. The van der Waals surface area contributed by atoms with Crippen LogP contribution in [0.1, 0.15) is 52.5 Å². The highest BCUT2D eigenvalue weighted by Crippen LogP contribution is 2.66. The van der Waals surface area contributed by atoms with Crippen molar-refractivity contribution in [2.24, 2.45) is 11.1 Å². The molecular weight excluding hydrogens is 483 g/mol. The van der Waals surface area contributed by atoms with Gasteiger partial charge in [0.1, 0.15) is 5.82 Å². The number of aryl methyl sites for hydroxylation is 1. The Labute approximate surface area is 207 Å². The minimum absolute atomic E-state index is 0.0254. The van der Waals surface area contributed by atoms with Gasteiger partial charge in [-0.25, -0.2) is 9.97 Å². The van der Waals surface area contributed by atoms with Crippen LogP contribution in [0.3, 0.4) is 0 Å². The van der Waals surface area contributed by atoms with Gasteiger partial charge < -0.3 is 16.0 Å². The van der Waals surface area contributed by atoms with Crippen LogP contribution in [0.2, 0.25) is 5.02 Å². The number of alkyl halides is 3. The highest BCUT2D eigenvalue weighted by molar-refractivity contribution is 6.31. The van der Waals surface area contributed by atoms with Gasteiger partial charge in [0.25, 0.3) is 0 Å². The Kier molecular flexibility index (Phi) is 8.06. The summed E-state index contributed by atoms with van der Waals surface area (Å²) >= 11 is 6.30. The summed E-state index contributed by atoms with van der Waals surface area (Å²) in [6, 6.07) is 4.59. The van der Waals surface area contributed by atoms with E-state index in [1.807, 2.05) is 19.0 Å².